The first-order valence-electron chi connectivity index (χ1n) is 5.85. The van der Waals surface area contributed by atoms with Crippen molar-refractivity contribution < 1.29 is 0 Å². The lowest BCUT2D eigenvalue weighted by atomic mass is 10.1. The number of aromatic amines is 1. The van der Waals surface area contributed by atoms with Crippen LogP contribution < -0.4 is 5.73 Å². The van der Waals surface area contributed by atoms with Crippen LogP contribution >= 0.6 is 11.3 Å². The standard InChI is InChI=1S/C12H16N4S/c13-11-1-3-16(7-11)6-10-5-14-15-12(10)9-2-4-17-8-9/h2,4-5,8,11H,1,3,6-7,13H2,(H,14,15)/t11-/m1/s1. The largest absolute Gasteiger partial charge is 0.326 e. The fraction of sp³-hybridized carbons (Fsp3) is 0.417. The summed E-state index contributed by atoms with van der Waals surface area (Å²) < 4.78 is 0. The van der Waals surface area contributed by atoms with E-state index < -0.39 is 0 Å². The Morgan fingerprint density at radius 1 is 1.59 bits per heavy atom. The Morgan fingerprint density at radius 2 is 2.53 bits per heavy atom. The molecule has 1 saturated heterocycles. The molecule has 3 rings (SSSR count). The molecule has 3 heterocycles. The predicted molar refractivity (Wildman–Crippen MR) is 69.8 cm³/mol. The Balaban J connectivity index is 1.78. The van der Waals surface area contributed by atoms with Gasteiger partial charge in [-0.2, -0.15) is 16.4 Å². The average molecular weight is 248 g/mol. The van der Waals surface area contributed by atoms with Crippen molar-refractivity contribution in [3.63, 3.8) is 0 Å². The Kier molecular flexibility index (Phi) is 2.96. The molecule has 5 heteroatoms. The molecule has 4 nitrogen and oxygen atoms in total. The van der Waals surface area contributed by atoms with Crippen LogP contribution in [0.5, 0.6) is 0 Å². The van der Waals surface area contributed by atoms with E-state index in [0.29, 0.717) is 6.04 Å². The van der Waals surface area contributed by atoms with Gasteiger partial charge in [0.1, 0.15) is 0 Å². The number of rotatable bonds is 3. The van der Waals surface area contributed by atoms with Crippen LogP contribution in [0.4, 0.5) is 0 Å². The molecule has 1 fully saturated rings. The molecule has 2 aromatic rings. The van der Waals surface area contributed by atoms with Gasteiger partial charge in [-0.05, 0) is 17.9 Å². The Hall–Kier alpha value is -1.17. The number of thiophene rings is 1. The number of likely N-dealkylation sites (tertiary alicyclic amines) is 1. The summed E-state index contributed by atoms with van der Waals surface area (Å²) in [6.07, 6.45) is 3.03. The molecule has 2 aromatic heterocycles. The van der Waals surface area contributed by atoms with Crippen molar-refractivity contribution in [1.29, 1.82) is 0 Å². The van der Waals surface area contributed by atoms with Gasteiger partial charge in [-0.25, -0.2) is 0 Å². The van der Waals surface area contributed by atoms with E-state index in [9.17, 15) is 0 Å². The molecule has 0 aromatic carbocycles. The summed E-state index contributed by atoms with van der Waals surface area (Å²) in [5.41, 5.74) is 9.56. The van der Waals surface area contributed by atoms with Crippen LogP contribution in [0.3, 0.4) is 0 Å². The highest BCUT2D eigenvalue weighted by Gasteiger charge is 2.20. The summed E-state index contributed by atoms with van der Waals surface area (Å²) >= 11 is 1.71. The van der Waals surface area contributed by atoms with Gasteiger partial charge in [0.25, 0.3) is 0 Å². The molecule has 0 spiro atoms. The van der Waals surface area contributed by atoms with Crippen LogP contribution in [0, 0.1) is 0 Å². The third-order valence-corrected chi connectivity index (χ3v) is 3.91. The van der Waals surface area contributed by atoms with E-state index in [0.717, 1.165) is 31.7 Å². The Morgan fingerprint density at radius 3 is 3.24 bits per heavy atom. The van der Waals surface area contributed by atoms with Crippen molar-refractivity contribution in [2.75, 3.05) is 13.1 Å². The number of H-pyrrole nitrogens is 1. The fourth-order valence-corrected chi connectivity index (χ4v) is 2.98. The summed E-state index contributed by atoms with van der Waals surface area (Å²) in [5.74, 6) is 0. The number of hydrogen-bond donors (Lipinski definition) is 2. The maximum atomic E-state index is 5.92. The highest BCUT2D eigenvalue weighted by atomic mass is 32.1. The van der Waals surface area contributed by atoms with Gasteiger partial charge in [0.05, 0.1) is 11.9 Å². The SMILES string of the molecule is N[C@@H]1CCN(Cc2cn[nH]c2-c2ccsc2)C1. The molecule has 17 heavy (non-hydrogen) atoms. The molecule has 0 unspecified atom stereocenters. The molecule has 1 aliphatic rings. The van der Waals surface area contributed by atoms with Gasteiger partial charge in [0.2, 0.25) is 0 Å². The van der Waals surface area contributed by atoms with Crippen LogP contribution in [0.15, 0.2) is 23.0 Å². The highest BCUT2D eigenvalue weighted by molar-refractivity contribution is 7.08. The summed E-state index contributed by atoms with van der Waals surface area (Å²) in [6, 6.07) is 2.46. The van der Waals surface area contributed by atoms with Crippen LogP contribution in [0.2, 0.25) is 0 Å². The van der Waals surface area contributed by atoms with Crippen LogP contribution in [-0.2, 0) is 6.54 Å². The smallest absolute Gasteiger partial charge is 0.0703 e. The van der Waals surface area contributed by atoms with Gasteiger partial charge < -0.3 is 5.73 Å². The third kappa shape index (κ3) is 2.26. The summed E-state index contributed by atoms with van der Waals surface area (Å²) in [4.78, 5) is 2.39. The minimum Gasteiger partial charge on any atom is -0.326 e. The summed E-state index contributed by atoms with van der Waals surface area (Å²) in [7, 11) is 0. The zero-order valence-electron chi connectivity index (χ0n) is 9.60. The molecule has 3 N–H and O–H groups in total. The van der Waals surface area contributed by atoms with Gasteiger partial charge in [0, 0.05) is 42.2 Å². The van der Waals surface area contributed by atoms with E-state index in [1.165, 1.54) is 11.1 Å². The lowest BCUT2D eigenvalue weighted by Crippen LogP contribution is -2.26. The average Bonchev–Trinajstić information content (AvgIpc) is 3.00. The molecule has 1 atom stereocenters. The number of nitrogens with zero attached hydrogens (tertiary/aromatic N) is 2. The zero-order valence-corrected chi connectivity index (χ0v) is 10.4. The van der Waals surface area contributed by atoms with Crippen molar-refractivity contribution >= 4 is 11.3 Å². The van der Waals surface area contributed by atoms with Crippen molar-refractivity contribution in [2.24, 2.45) is 5.73 Å². The van der Waals surface area contributed by atoms with Crippen molar-refractivity contribution in [1.82, 2.24) is 15.1 Å². The van der Waals surface area contributed by atoms with E-state index in [4.69, 9.17) is 5.73 Å². The summed E-state index contributed by atoms with van der Waals surface area (Å²) in [5, 5.41) is 11.5. The van der Waals surface area contributed by atoms with E-state index in [2.05, 4.69) is 31.9 Å². The molecule has 0 aliphatic carbocycles. The third-order valence-electron chi connectivity index (χ3n) is 3.23. The normalized spacial score (nSPS) is 21.1. The quantitative estimate of drug-likeness (QED) is 0.868. The molecule has 0 amide bonds. The molecule has 0 saturated carbocycles. The summed E-state index contributed by atoms with van der Waals surface area (Å²) in [6.45, 7) is 3.03. The Bertz CT molecular complexity index is 476. The van der Waals surface area contributed by atoms with Gasteiger partial charge in [-0.15, -0.1) is 0 Å². The fourth-order valence-electron chi connectivity index (χ4n) is 2.33. The monoisotopic (exact) mass is 248 g/mol. The molecule has 90 valence electrons. The molecule has 0 radical (unpaired) electrons. The second kappa shape index (κ2) is 4.60. The molecular formula is C12H16N4S. The van der Waals surface area contributed by atoms with Gasteiger partial charge >= 0.3 is 0 Å². The first-order valence-corrected chi connectivity index (χ1v) is 6.80. The second-order valence-electron chi connectivity index (χ2n) is 4.57. The highest BCUT2D eigenvalue weighted by Crippen LogP contribution is 2.25. The zero-order chi connectivity index (χ0) is 11.7. The van der Waals surface area contributed by atoms with E-state index in [-0.39, 0.29) is 0 Å². The van der Waals surface area contributed by atoms with Gasteiger partial charge in [-0.3, -0.25) is 10.00 Å². The molecule has 1 aliphatic heterocycles. The minimum absolute atomic E-state index is 0.339. The maximum Gasteiger partial charge on any atom is 0.0703 e. The van der Waals surface area contributed by atoms with Crippen LogP contribution in [-0.4, -0.2) is 34.2 Å². The van der Waals surface area contributed by atoms with E-state index in [1.54, 1.807) is 11.3 Å². The lowest BCUT2D eigenvalue weighted by Gasteiger charge is -2.14. The molecule has 0 bridgehead atoms. The molecular weight excluding hydrogens is 232 g/mol. The van der Waals surface area contributed by atoms with Gasteiger partial charge in [-0.1, -0.05) is 0 Å². The lowest BCUT2D eigenvalue weighted by molar-refractivity contribution is 0.327. The Labute approximate surface area is 104 Å². The topological polar surface area (TPSA) is 57.9 Å². The van der Waals surface area contributed by atoms with Crippen molar-refractivity contribution in [3.05, 3.63) is 28.6 Å². The van der Waals surface area contributed by atoms with Crippen LogP contribution in [0.1, 0.15) is 12.0 Å². The van der Waals surface area contributed by atoms with E-state index in [1.807, 2.05) is 6.20 Å². The van der Waals surface area contributed by atoms with Gasteiger partial charge in [0.15, 0.2) is 0 Å². The number of aromatic nitrogens is 2. The first-order chi connectivity index (χ1) is 8.33. The number of nitrogens with two attached hydrogens (primary N) is 1. The van der Waals surface area contributed by atoms with E-state index >= 15 is 0 Å². The maximum absolute atomic E-state index is 5.92. The first kappa shape index (κ1) is 11.0. The number of nitrogens with one attached hydrogen (secondary N) is 1. The predicted octanol–water partition coefficient (Wildman–Crippen LogP) is 1.67. The van der Waals surface area contributed by atoms with Crippen molar-refractivity contribution in [2.45, 2.75) is 19.0 Å². The minimum atomic E-state index is 0.339. The van der Waals surface area contributed by atoms with Crippen molar-refractivity contribution in [3.8, 4) is 11.3 Å². The van der Waals surface area contributed by atoms with Crippen LogP contribution in [0.25, 0.3) is 11.3 Å². The second-order valence-corrected chi connectivity index (χ2v) is 5.35. The number of hydrogen-bond acceptors (Lipinski definition) is 4.